The van der Waals surface area contributed by atoms with Crippen LogP contribution in [0.15, 0.2) is 76.5 Å². The van der Waals surface area contributed by atoms with Crippen molar-refractivity contribution in [1.82, 2.24) is 4.31 Å². The third-order valence-corrected chi connectivity index (χ3v) is 9.17. The highest BCUT2D eigenvalue weighted by Gasteiger charge is 2.26. The van der Waals surface area contributed by atoms with Crippen molar-refractivity contribution in [3.63, 3.8) is 0 Å². The number of aryl methyl sites for hydroxylation is 1. The van der Waals surface area contributed by atoms with Crippen LogP contribution < -0.4 is 10.0 Å². The molecule has 2 N–H and O–H groups in total. The number of nitrogens with one attached hydrogen (secondary N) is 2. The van der Waals surface area contributed by atoms with Crippen LogP contribution >= 0.6 is 0 Å². The van der Waals surface area contributed by atoms with Crippen molar-refractivity contribution in [2.45, 2.75) is 23.6 Å². The molecule has 1 aliphatic rings. The summed E-state index contributed by atoms with van der Waals surface area (Å²) in [5.74, 6) is -0.451. The Morgan fingerprint density at radius 2 is 1.44 bits per heavy atom. The van der Waals surface area contributed by atoms with E-state index in [4.69, 9.17) is 4.74 Å². The van der Waals surface area contributed by atoms with Crippen molar-refractivity contribution < 1.29 is 26.4 Å². The zero-order chi connectivity index (χ0) is 25.9. The van der Waals surface area contributed by atoms with E-state index in [0.717, 1.165) is 5.56 Å². The van der Waals surface area contributed by atoms with Gasteiger partial charge >= 0.3 is 0 Å². The summed E-state index contributed by atoms with van der Waals surface area (Å²) in [6, 6.07) is 17.2. The minimum atomic E-state index is -3.83. The molecule has 0 unspecified atom stereocenters. The fraction of sp³-hybridized carbons (Fsp3) is 0.240. The minimum Gasteiger partial charge on any atom is -0.379 e. The molecule has 0 radical (unpaired) electrons. The lowest BCUT2D eigenvalue weighted by molar-refractivity contribution is 0.0730. The Labute approximate surface area is 211 Å². The number of morpholine rings is 1. The summed E-state index contributed by atoms with van der Waals surface area (Å²) in [6.07, 6.45) is 0. The second-order valence-electron chi connectivity index (χ2n) is 8.39. The summed E-state index contributed by atoms with van der Waals surface area (Å²) in [5.41, 5.74) is 2.37. The molecule has 0 aliphatic carbocycles. The molecule has 9 nitrogen and oxygen atoms in total. The fourth-order valence-corrected chi connectivity index (χ4v) is 6.29. The molecule has 3 aromatic carbocycles. The zero-order valence-corrected chi connectivity index (χ0v) is 21.5. The number of ether oxygens (including phenoxy) is 1. The number of sulfonamides is 2. The van der Waals surface area contributed by atoms with Crippen molar-refractivity contribution in [3.8, 4) is 0 Å². The first-order valence-corrected chi connectivity index (χ1v) is 14.2. The maximum absolute atomic E-state index is 13.0. The first kappa shape index (κ1) is 25.8. The lowest BCUT2D eigenvalue weighted by atomic mass is 10.1. The molecule has 0 spiro atoms. The summed E-state index contributed by atoms with van der Waals surface area (Å²) < 4.78 is 60.3. The molecule has 36 heavy (non-hydrogen) atoms. The maximum atomic E-state index is 13.0. The summed E-state index contributed by atoms with van der Waals surface area (Å²) in [6.45, 7) is 4.82. The van der Waals surface area contributed by atoms with Gasteiger partial charge < -0.3 is 10.1 Å². The monoisotopic (exact) mass is 529 g/mol. The number of nitrogens with zero attached hydrogens (tertiary/aromatic N) is 1. The fourth-order valence-electron chi connectivity index (χ4n) is 3.76. The molecule has 1 saturated heterocycles. The van der Waals surface area contributed by atoms with Gasteiger partial charge in [0.1, 0.15) is 0 Å². The predicted octanol–water partition coefficient (Wildman–Crippen LogP) is 3.38. The Morgan fingerprint density at radius 3 is 2.08 bits per heavy atom. The second kappa shape index (κ2) is 10.4. The van der Waals surface area contributed by atoms with Crippen molar-refractivity contribution >= 4 is 37.3 Å². The molecule has 3 aromatic rings. The van der Waals surface area contributed by atoms with E-state index in [1.54, 1.807) is 37.3 Å². The molecule has 0 atom stereocenters. The van der Waals surface area contributed by atoms with E-state index in [1.807, 2.05) is 6.92 Å². The van der Waals surface area contributed by atoms with E-state index in [-0.39, 0.29) is 21.0 Å². The van der Waals surface area contributed by atoms with Crippen LogP contribution in [0.4, 0.5) is 11.4 Å². The highest BCUT2D eigenvalue weighted by Crippen LogP contribution is 2.25. The number of amides is 1. The SMILES string of the molecule is Cc1ccc(S(=O)(=O)Nc2cccc(C(=O)Nc3ccc(S(=O)(=O)N4CCOCC4)cc3)c2C)cc1. The van der Waals surface area contributed by atoms with Gasteiger partial charge in [0.25, 0.3) is 15.9 Å². The van der Waals surface area contributed by atoms with Crippen LogP contribution in [0.25, 0.3) is 0 Å². The third kappa shape index (κ3) is 5.59. The van der Waals surface area contributed by atoms with Crippen molar-refractivity contribution in [2.24, 2.45) is 0 Å². The first-order chi connectivity index (χ1) is 17.1. The van der Waals surface area contributed by atoms with Crippen LogP contribution in [-0.4, -0.2) is 53.4 Å². The first-order valence-electron chi connectivity index (χ1n) is 11.3. The van der Waals surface area contributed by atoms with Crippen LogP contribution in [0.2, 0.25) is 0 Å². The lowest BCUT2D eigenvalue weighted by Gasteiger charge is -2.26. The number of carbonyl (C=O) groups is 1. The average Bonchev–Trinajstić information content (AvgIpc) is 2.86. The van der Waals surface area contributed by atoms with Crippen LogP contribution in [0.1, 0.15) is 21.5 Å². The van der Waals surface area contributed by atoms with Gasteiger partial charge in [-0.25, -0.2) is 16.8 Å². The molecular weight excluding hydrogens is 502 g/mol. The molecule has 0 aromatic heterocycles. The van der Waals surface area contributed by atoms with Crippen molar-refractivity contribution in [3.05, 3.63) is 83.4 Å². The van der Waals surface area contributed by atoms with Gasteiger partial charge in [0.05, 0.1) is 28.7 Å². The molecule has 4 rings (SSSR count). The maximum Gasteiger partial charge on any atom is 0.261 e. The smallest absolute Gasteiger partial charge is 0.261 e. The Morgan fingerprint density at radius 1 is 0.833 bits per heavy atom. The van der Waals surface area contributed by atoms with E-state index >= 15 is 0 Å². The van der Waals surface area contributed by atoms with Gasteiger partial charge in [0.2, 0.25) is 10.0 Å². The lowest BCUT2D eigenvalue weighted by Crippen LogP contribution is -2.40. The molecule has 0 bridgehead atoms. The second-order valence-corrected chi connectivity index (χ2v) is 12.0. The van der Waals surface area contributed by atoms with Gasteiger partial charge in [-0.3, -0.25) is 9.52 Å². The van der Waals surface area contributed by atoms with Gasteiger partial charge in [-0.15, -0.1) is 0 Å². The number of hydrogen-bond donors (Lipinski definition) is 2. The molecular formula is C25H27N3O6S2. The van der Waals surface area contributed by atoms with Gasteiger partial charge in [0.15, 0.2) is 0 Å². The summed E-state index contributed by atoms with van der Waals surface area (Å²) >= 11 is 0. The summed E-state index contributed by atoms with van der Waals surface area (Å²) in [7, 11) is -7.47. The van der Waals surface area contributed by atoms with E-state index in [1.165, 1.54) is 40.7 Å². The van der Waals surface area contributed by atoms with Gasteiger partial charge in [-0.05, 0) is 67.9 Å². The van der Waals surface area contributed by atoms with Crippen LogP contribution in [0, 0.1) is 13.8 Å². The average molecular weight is 530 g/mol. The standard InChI is InChI=1S/C25H27N3O6S2/c1-18-6-10-21(11-7-18)35(30,31)27-24-5-3-4-23(19(24)2)25(29)26-20-8-12-22(13-9-20)36(32,33)28-14-16-34-17-15-28/h3-13,27H,14-17H2,1-2H3,(H,26,29). The molecule has 11 heteroatoms. The minimum absolute atomic E-state index is 0.120. The van der Waals surface area contributed by atoms with Crippen molar-refractivity contribution in [1.29, 1.82) is 0 Å². The Balaban J connectivity index is 1.49. The Hall–Kier alpha value is -3.25. The largest absolute Gasteiger partial charge is 0.379 e. The normalized spacial score (nSPS) is 14.8. The quantitative estimate of drug-likeness (QED) is 0.484. The number of benzene rings is 3. The Bertz CT molecular complexity index is 1460. The van der Waals surface area contributed by atoms with E-state index in [9.17, 15) is 21.6 Å². The highest BCUT2D eigenvalue weighted by atomic mass is 32.2. The van der Waals surface area contributed by atoms with Gasteiger partial charge in [-0.2, -0.15) is 4.31 Å². The van der Waals surface area contributed by atoms with Gasteiger partial charge in [0, 0.05) is 24.3 Å². The zero-order valence-electron chi connectivity index (χ0n) is 19.9. The van der Waals surface area contributed by atoms with E-state index in [0.29, 0.717) is 37.6 Å². The molecule has 0 saturated carbocycles. The topological polar surface area (TPSA) is 122 Å². The Kier molecular flexibility index (Phi) is 7.46. The molecule has 1 aliphatic heterocycles. The van der Waals surface area contributed by atoms with E-state index in [2.05, 4.69) is 10.0 Å². The third-order valence-electron chi connectivity index (χ3n) is 5.87. The molecule has 1 fully saturated rings. The van der Waals surface area contributed by atoms with Crippen LogP contribution in [0.5, 0.6) is 0 Å². The molecule has 1 heterocycles. The molecule has 190 valence electrons. The predicted molar refractivity (Wildman–Crippen MR) is 137 cm³/mol. The van der Waals surface area contributed by atoms with E-state index < -0.39 is 26.0 Å². The van der Waals surface area contributed by atoms with Gasteiger partial charge in [-0.1, -0.05) is 23.8 Å². The highest BCUT2D eigenvalue weighted by molar-refractivity contribution is 7.92. The molecule has 1 amide bonds. The van der Waals surface area contributed by atoms with Crippen LogP contribution in [0.3, 0.4) is 0 Å². The summed E-state index contributed by atoms with van der Waals surface area (Å²) in [4.78, 5) is 13.2. The number of rotatable bonds is 7. The van der Waals surface area contributed by atoms with Crippen LogP contribution in [-0.2, 0) is 24.8 Å². The number of hydrogen-bond acceptors (Lipinski definition) is 6. The number of carbonyl (C=O) groups excluding carboxylic acids is 1. The number of anilines is 2. The van der Waals surface area contributed by atoms with Crippen molar-refractivity contribution in [2.75, 3.05) is 36.3 Å². The summed E-state index contributed by atoms with van der Waals surface area (Å²) in [5, 5.41) is 2.74.